The van der Waals surface area contributed by atoms with Crippen molar-refractivity contribution >= 4 is 5.96 Å². The summed E-state index contributed by atoms with van der Waals surface area (Å²) in [6.07, 6.45) is 2.42. The van der Waals surface area contributed by atoms with Crippen molar-refractivity contribution in [2.45, 2.75) is 19.8 Å². The summed E-state index contributed by atoms with van der Waals surface area (Å²) in [7, 11) is 1.66. The van der Waals surface area contributed by atoms with Crippen molar-refractivity contribution in [2.24, 2.45) is 16.6 Å². The summed E-state index contributed by atoms with van der Waals surface area (Å²) in [5.41, 5.74) is 5.93. The van der Waals surface area contributed by atoms with Crippen LogP contribution in [-0.2, 0) is 9.47 Å². The Balaban J connectivity index is 2.11. The Morgan fingerprint density at radius 2 is 2.00 bits per heavy atom. The fraction of sp³-hybridized carbons (Fsp3) is 0.917. The third kappa shape index (κ3) is 5.89. The monoisotopic (exact) mass is 243 g/mol. The summed E-state index contributed by atoms with van der Waals surface area (Å²) in [5.74, 6) is 1.48. The van der Waals surface area contributed by atoms with Crippen LogP contribution in [0.5, 0.6) is 0 Å². The van der Waals surface area contributed by atoms with E-state index < -0.39 is 0 Å². The molecule has 0 aromatic heterocycles. The van der Waals surface area contributed by atoms with E-state index in [0.29, 0.717) is 32.3 Å². The summed E-state index contributed by atoms with van der Waals surface area (Å²) in [6.45, 7) is 6.82. The smallest absolute Gasteiger partial charge is 0.191 e. The predicted molar refractivity (Wildman–Crippen MR) is 69.2 cm³/mol. The Labute approximate surface area is 104 Å². The van der Waals surface area contributed by atoms with Crippen LogP contribution in [0.3, 0.4) is 0 Å². The molecule has 2 N–H and O–H groups in total. The first-order valence-electron chi connectivity index (χ1n) is 6.35. The van der Waals surface area contributed by atoms with Crippen LogP contribution in [0.2, 0.25) is 0 Å². The van der Waals surface area contributed by atoms with E-state index in [2.05, 4.69) is 16.8 Å². The summed E-state index contributed by atoms with van der Waals surface area (Å²) >= 11 is 0. The summed E-state index contributed by atoms with van der Waals surface area (Å²) in [4.78, 5) is 6.49. The maximum absolute atomic E-state index is 5.93. The van der Waals surface area contributed by atoms with Crippen molar-refractivity contribution in [1.82, 2.24) is 4.90 Å². The molecule has 0 saturated carbocycles. The van der Waals surface area contributed by atoms with Gasteiger partial charge in [-0.05, 0) is 18.8 Å². The van der Waals surface area contributed by atoms with Crippen LogP contribution in [0.15, 0.2) is 4.99 Å². The van der Waals surface area contributed by atoms with Crippen molar-refractivity contribution in [2.75, 3.05) is 46.6 Å². The van der Waals surface area contributed by atoms with Gasteiger partial charge in [0, 0.05) is 20.2 Å². The second-order valence-electron chi connectivity index (χ2n) is 4.51. The Morgan fingerprint density at radius 1 is 1.29 bits per heavy atom. The van der Waals surface area contributed by atoms with Crippen molar-refractivity contribution < 1.29 is 9.47 Å². The standard InChI is InChI=1S/C12H25N3O2/c1-11-3-6-15(7-4-11)12(13)14-5-8-17-10-9-16-2/h11H,3-10H2,1-2H3,(H2,13,14). The second-order valence-corrected chi connectivity index (χ2v) is 4.51. The molecule has 0 amide bonds. The van der Waals surface area contributed by atoms with Gasteiger partial charge < -0.3 is 20.1 Å². The first kappa shape index (κ1) is 14.3. The van der Waals surface area contributed by atoms with Gasteiger partial charge >= 0.3 is 0 Å². The number of nitrogens with zero attached hydrogens (tertiary/aromatic N) is 2. The molecule has 17 heavy (non-hydrogen) atoms. The van der Waals surface area contributed by atoms with Crippen LogP contribution in [0.1, 0.15) is 19.8 Å². The maximum atomic E-state index is 5.93. The highest BCUT2D eigenvalue weighted by Gasteiger charge is 2.16. The van der Waals surface area contributed by atoms with Crippen molar-refractivity contribution in [3.8, 4) is 0 Å². The summed E-state index contributed by atoms with van der Waals surface area (Å²) < 4.78 is 10.2. The fourth-order valence-corrected chi connectivity index (χ4v) is 1.81. The lowest BCUT2D eigenvalue weighted by Gasteiger charge is -2.31. The molecule has 1 aliphatic heterocycles. The van der Waals surface area contributed by atoms with Crippen molar-refractivity contribution in [1.29, 1.82) is 0 Å². The van der Waals surface area contributed by atoms with Gasteiger partial charge in [-0.15, -0.1) is 0 Å². The van der Waals surface area contributed by atoms with Gasteiger partial charge in [0.05, 0.1) is 26.4 Å². The van der Waals surface area contributed by atoms with Crippen LogP contribution in [0.4, 0.5) is 0 Å². The molecule has 0 unspecified atom stereocenters. The molecule has 0 bridgehead atoms. The SMILES string of the molecule is COCCOCCN=C(N)N1CCC(C)CC1. The number of guanidine groups is 1. The zero-order valence-electron chi connectivity index (χ0n) is 11.0. The number of methoxy groups -OCH3 is 1. The van der Waals surface area contributed by atoms with Gasteiger partial charge in [0.2, 0.25) is 0 Å². The maximum Gasteiger partial charge on any atom is 0.191 e. The van der Waals surface area contributed by atoms with Gasteiger partial charge in [-0.25, -0.2) is 0 Å². The molecule has 5 nitrogen and oxygen atoms in total. The minimum Gasteiger partial charge on any atom is -0.382 e. The zero-order valence-corrected chi connectivity index (χ0v) is 11.0. The Hall–Kier alpha value is -0.810. The highest BCUT2D eigenvalue weighted by atomic mass is 16.5. The molecular weight excluding hydrogens is 218 g/mol. The second kappa shape index (κ2) is 8.31. The van der Waals surface area contributed by atoms with E-state index in [9.17, 15) is 0 Å². The lowest BCUT2D eigenvalue weighted by molar-refractivity contribution is 0.0747. The molecule has 0 spiro atoms. The quantitative estimate of drug-likeness (QED) is 0.424. The number of nitrogens with two attached hydrogens (primary N) is 1. The third-order valence-corrected chi connectivity index (χ3v) is 3.05. The lowest BCUT2D eigenvalue weighted by Crippen LogP contribution is -2.42. The molecule has 0 radical (unpaired) electrons. The van der Waals surface area contributed by atoms with Crippen LogP contribution in [0, 0.1) is 5.92 Å². The highest BCUT2D eigenvalue weighted by Crippen LogP contribution is 2.15. The van der Waals surface area contributed by atoms with Gasteiger partial charge in [0.1, 0.15) is 0 Å². The molecule has 0 aromatic carbocycles. The van der Waals surface area contributed by atoms with E-state index in [1.54, 1.807) is 7.11 Å². The van der Waals surface area contributed by atoms with Gasteiger partial charge in [0.25, 0.3) is 0 Å². The van der Waals surface area contributed by atoms with Crippen LogP contribution < -0.4 is 5.73 Å². The van der Waals surface area contributed by atoms with E-state index in [1.807, 2.05) is 0 Å². The van der Waals surface area contributed by atoms with Crippen LogP contribution >= 0.6 is 0 Å². The number of hydrogen-bond donors (Lipinski definition) is 1. The lowest BCUT2D eigenvalue weighted by atomic mass is 10.00. The zero-order chi connectivity index (χ0) is 12.5. The third-order valence-electron chi connectivity index (χ3n) is 3.05. The van der Waals surface area contributed by atoms with E-state index in [0.717, 1.165) is 19.0 Å². The number of rotatable bonds is 6. The number of aliphatic imine (C=N–C) groups is 1. The van der Waals surface area contributed by atoms with Gasteiger partial charge in [0.15, 0.2) is 5.96 Å². The average Bonchev–Trinajstić information content (AvgIpc) is 2.34. The summed E-state index contributed by atoms with van der Waals surface area (Å²) in [6, 6.07) is 0. The minimum atomic E-state index is 0.605. The van der Waals surface area contributed by atoms with E-state index in [4.69, 9.17) is 15.2 Å². The predicted octanol–water partition coefficient (Wildman–Crippen LogP) is 0.696. The fourth-order valence-electron chi connectivity index (χ4n) is 1.81. The number of piperidine rings is 1. The molecule has 0 aromatic rings. The van der Waals surface area contributed by atoms with Gasteiger partial charge in [-0.2, -0.15) is 0 Å². The molecular formula is C12H25N3O2. The first-order chi connectivity index (χ1) is 8.24. The molecule has 1 heterocycles. The van der Waals surface area contributed by atoms with E-state index in [-0.39, 0.29) is 0 Å². The number of hydrogen-bond acceptors (Lipinski definition) is 3. The Kier molecular flexibility index (Phi) is 6.96. The molecule has 0 atom stereocenters. The molecule has 5 heteroatoms. The van der Waals surface area contributed by atoms with E-state index >= 15 is 0 Å². The highest BCUT2D eigenvalue weighted by molar-refractivity contribution is 5.78. The van der Waals surface area contributed by atoms with Crippen LogP contribution in [-0.4, -0.2) is 57.4 Å². The topological polar surface area (TPSA) is 60.1 Å². The molecule has 1 rings (SSSR count). The Morgan fingerprint density at radius 3 is 2.65 bits per heavy atom. The number of ether oxygens (including phenoxy) is 2. The van der Waals surface area contributed by atoms with Gasteiger partial charge in [-0.1, -0.05) is 6.92 Å². The molecule has 1 aliphatic rings. The largest absolute Gasteiger partial charge is 0.382 e. The minimum absolute atomic E-state index is 0.605. The first-order valence-corrected chi connectivity index (χ1v) is 6.35. The molecule has 1 saturated heterocycles. The average molecular weight is 243 g/mol. The Bertz CT molecular complexity index is 226. The number of likely N-dealkylation sites (tertiary alicyclic amines) is 1. The molecule has 100 valence electrons. The van der Waals surface area contributed by atoms with Crippen LogP contribution in [0.25, 0.3) is 0 Å². The molecule has 0 aliphatic carbocycles. The van der Waals surface area contributed by atoms with E-state index in [1.165, 1.54) is 12.8 Å². The van der Waals surface area contributed by atoms with Crippen molar-refractivity contribution in [3.05, 3.63) is 0 Å². The van der Waals surface area contributed by atoms with Crippen molar-refractivity contribution in [3.63, 3.8) is 0 Å². The van der Waals surface area contributed by atoms with Gasteiger partial charge in [-0.3, -0.25) is 4.99 Å². The molecule has 1 fully saturated rings. The normalized spacial score (nSPS) is 18.7. The summed E-state index contributed by atoms with van der Waals surface area (Å²) in [5, 5.41) is 0.